The van der Waals surface area contributed by atoms with Crippen molar-refractivity contribution < 1.29 is 5.11 Å². The number of imidazole rings is 2. The number of aliphatic hydroxyl groups excluding tert-OH is 1. The molecule has 4 aromatic rings. The van der Waals surface area contributed by atoms with Gasteiger partial charge in [0.2, 0.25) is 0 Å². The molecule has 2 aliphatic rings. The maximum absolute atomic E-state index is 11.0. The summed E-state index contributed by atoms with van der Waals surface area (Å²) in [6, 6.07) is 12.2. The molecule has 0 radical (unpaired) electrons. The summed E-state index contributed by atoms with van der Waals surface area (Å²) in [6.45, 7) is 1.85. The van der Waals surface area contributed by atoms with E-state index in [0.717, 1.165) is 54.3 Å². The fourth-order valence-electron chi connectivity index (χ4n) is 5.36. The van der Waals surface area contributed by atoms with Crippen LogP contribution in [0, 0.1) is 11.8 Å². The van der Waals surface area contributed by atoms with Crippen LogP contribution >= 0.6 is 0 Å². The smallest absolute Gasteiger partial charge is 0.160 e. The van der Waals surface area contributed by atoms with Crippen molar-refractivity contribution in [2.45, 2.75) is 25.0 Å². The first-order valence-corrected chi connectivity index (χ1v) is 10.8. The van der Waals surface area contributed by atoms with Crippen LogP contribution in [0.25, 0.3) is 22.6 Å². The van der Waals surface area contributed by atoms with Gasteiger partial charge in [-0.3, -0.25) is 0 Å². The van der Waals surface area contributed by atoms with Gasteiger partial charge in [0, 0.05) is 32.5 Å². The maximum atomic E-state index is 11.0. The van der Waals surface area contributed by atoms with Crippen molar-refractivity contribution in [3.63, 3.8) is 0 Å². The van der Waals surface area contributed by atoms with Crippen molar-refractivity contribution in [1.82, 2.24) is 29.3 Å². The van der Waals surface area contributed by atoms with E-state index in [4.69, 9.17) is 0 Å². The van der Waals surface area contributed by atoms with E-state index < -0.39 is 0 Å². The van der Waals surface area contributed by atoms with Crippen LogP contribution in [0.5, 0.6) is 0 Å². The molecule has 31 heavy (non-hydrogen) atoms. The Labute approximate surface area is 180 Å². The van der Waals surface area contributed by atoms with Crippen molar-refractivity contribution in [3.8, 4) is 11.5 Å². The zero-order valence-electron chi connectivity index (χ0n) is 17.4. The molecule has 1 N–H and O–H groups in total. The van der Waals surface area contributed by atoms with E-state index in [1.54, 1.807) is 6.20 Å². The number of anilines is 1. The predicted molar refractivity (Wildman–Crippen MR) is 117 cm³/mol. The van der Waals surface area contributed by atoms with E-state index in [0.29, 0.717) is 11.8 Å². The Morgan fingerprint density at radius 3 is 2.58 bits per heavy atom. The Balaban J connectivity index is 1.21. The highest BCUT2D eigenvalue weighted by atomic mass is 16.3. The summed E-state index contributed by atoms with van der Waals surface area (Å²) >= 11 is 0. The second-order valence-corrected chi connectivity index (χ2v) is 8.81. The zero-order valence-corrected chi connectivity index (χ0v) is 17.4. The number of benzene rings is 1. The SMILES string of the molecule is Cn1ccnc1-c1ccc(N2C[C@H]3C[C@@H](n4cnc5ccccc54)[C@H](O)C[C@H]3C2)nn1. The normalized spacial score (nSPS) is 25.8. The van der Waals surface area contributed by atoms with Gasteiger partial charge in [0.05, 0.1) is 29.5 Å². The van der Waals surface area contributed by atoms with Gasteiger partial charge in [0.25, 0.3) is 0 Å². The highest BCUT2D eigenvalue weighted by molar-refractivity contribution is 5.75. The molecule has 1 saturated heterocycles. The van der Waals surface area contributed by atoms with Crippen molar-refractivity contribution in [3.05, 3.63) is 55.1 Å². The highest BCUT2D eigenvalue weighted by Gasteiger charge is 2.43. The molecule has 8 heteroatoms. The quantitative estimate of drug-likeness (QED) is 0.554. The Hall–Kier alpha value is -3.26. The number of hydrogen-bond donors (Lipinski definition) is 1. The van der Waals surface area contributed by atoms with Gasteiger partial charge in [-0.15, -0.1) is 10.2 Å². The number of hydrogen-bond acceptors (Lipinski definition) is 6. The van der Waals surface area contributed by atoms with Gasteiger partial charge in [-0.25, -0.2) is 9.97 Å². The Bertz CT molecular complexity index is 1210. The lowest BCUT2D eigenvalue weighted by Gasteiger charge is -2.36. The average molecular weight is 416 g/mol. The summed E-state index contributed by atoms with van der Waals surface area (Å²) in [7, 11) is 1.95. The van der Waals surface area contributed by atoms with E-state index >= 15 is 0 Å². The van der Waals surface area contributed by atoms with E-state index in [9.17, 15) is 5.11 Å². The van der Waals surface area contributed by atoms with Crippen molar-refractivity contribution in [2.24, 2.45) is 18.9 Å². The second-order valence-electron chi connectivity index (χ2n) is 8.81. The highest BCUT2D eigenvalue weighted by Crippen LogP contribution is 2.43. The lowest BCUT2D eigenvalue weighted by atomic mass is 9.77. The van der Waals surface area contributed by atoms with E-state index in [2.05, 4.69) is 35.7 Å². The minimum Gasteiger partial charge on any atom is -0.391 e. The van der Waals surface area contributed by atoms with Crippen LogP contribution in [-0.2, 0) is 7.05 Å². The zero-order chi connectivity index (χ0) is 20.9. The summed E-state index contributed by atoms with van der Waals surface area (Å²) in [4.78, 5) is 11.2. The van der Waals surface area contributed by atoms with Gasteiger partial charge in [0.1, 0.15) is 5.69 Å². The molecular weight excluding hydrogens is 390 g/mol. The Kier molecular flexibility index (Phi) is 4.27. The molecule has 1 aliphatic carbocycles. The lowest BCUT2D eigenvalue weighted by molar-refractivity contribution is 0.0375. The maximum Gasteiger partial charge on any atom is 0.160 e. The Morgan fingerprint density at radius 2 is 1.81 bits per heavy atom. The molecule has 1 aliphatic heterocycles. The molecule has 0 spiro atoms. The molecule has 6 rings (SSSR count). The number of para-hydroxylation sites is 2. The van der Waals surface area contributed by atoms with Gasteiger partial charge < -0.3 is 19.1 Å². The molecule has 0 amide bonds. The molecule has 158 valence electrons. The first kappa shape index (κ1) is 18.5. The van der Waals surface area contributed by atoms with Gasteiger partial charge in [-0.2, -0.15) is 0 Å². The van der Waals surface area contributed by atoms with Crippen LogP contribution < -0.4 is 4.90 Å². The van der Waals surface area contributed by atoms with Crippen LogP contribution in [0.1, 0.15) is 18.9 Å². The summed E-state index contributed by atoms with van der Waals surface area (Å²) in [5, 5.41) is 19.9. The third-order valence-corrected chi connectivity index (χ3v) is 6.97. The number of aromatic nitrogens is 6. The molecule has 8 nitrogen and oxygen atoms in total. The van der Waals surface area contributed by atoms with Crippen LogP contribution in [0.15, 0.2) is 55.1 Å². The van der Waals surface area contributed by atoms with Gasteiger partial charge >= 0.3 is 0 Å². The van der Waals surface area contributed by atoms with Crippen LogP contribution in [-0.4, -0.2) is 53.6 Å². The molecular formula is C23H25N7O. The van der Waals surface area contributed by atoms with Crippen molar-refractivity contribution in [2.75, 3.05) is 18.0 Å². The van der Waals surface area contributed by atoms with E-state index in [-0.39, 0.29) is 12.1 Å². The minimum absolute atomic E-state index is 0.0606. The third-order valence-electron chi connectivity index (χ3n) is 6.97. The first-order valence-electron chi connectivity index (χ1n) is 10.8. The molecule has 2 fully saturated rings. The van der Waals surface area contributed by atoms with Crippen LogP contribution in [0.2, 0.25) is 0 Å². The molecule has 1 saturated carbocycles. The molecule has 4 atom stereocenters. The van der Waals surface area contributed by atoms with Crippen LogP contribution in [0.4, 0.5) is 5.82 Å². The topological polar surface area (TPSA) is 84.9 Å². The lowest BCUT2D eigenvalue weighted by Crippen LogP contribution is -2.36. The van der Waals surface area contributed by atoms with E-state index in [1.807, 2.05) is 54.5 Å². The van der Waals surface area contributed by atoms with Crippen molar-refractivity contribution >= 4 is 16.9 Å². The largest absolute Gasteiger partial charge is 0.391 e. The summed E-state index contributed by atoms with van der Waals surface area (Å²) < 4.78 is 4.11. The number of fused-ring (bicyclic) bond motifs is 2. The predicted octanol–water partition coefficient (Wildman–Crippen LogP) is 2.68. The number of aliphatic hydroxyl groups is 1. The molecule has 4 heterocycles. The summed E-state index contributed by atoms with van der Waals surface area (Å²) in [6.07, 6.45) is 6.94. The fourth-order valence-corrected chi connectivity index (χ4v) is 5.36. The first-order chi connectivity index (χ1) is 15.2. The van der Waals surface area contributed by atoms with Crippen LogP contribution in [0.3, 0.4) is 0 Å². The van der Waals surface area contributed by atoms with Gasteiger partial charge in [0.15, 0.2) is 11.6 Å². The van der Waals surface area contributed by atoms with Gasteiger partial charge in [-0.1, -0.05) is 12.1 Å². The summed E-state index contributed by atoms with van der Waals surface area (Å²) in [5.41, 5.74) is 2.85. The fraction of sp³-hybridized carbons (Fsp3) is 0.391. The minimum atomic E-state index is -0.365. The summed E-state index contributed by atoms with van der Waals surface area (Å²) in [5.74, 6) is 2.70. The monoisotopic (exact) mass is 415 g/mol. The molecule has 1 aromatic carbocycles. The average Bonchev–Trinajstić information content (AvgIpc) is 3.51. The Morgan fingerprint density at radius 1 is 0.968 bits per heavy atom. The number of aryl methyl sites for hydroxylation is 1. The molecule has 3 aromatic heterocycles. The standard InChI is InChI=1S/C23H25N7O/c1-28-9-8-24-23(28)18-6-7-22(27-26-18)29-12-15-10-20(21(31)11-16(15)13-29)30-14-25-17-4-2-3-5-19(17)30/h2-9,14-16,20-21,31H,10-13H2,1H3/t15-,16+,20-,21-/m1/s1. The molecule has 0 unspecified atom stereocenters. The number of rotatable bonds is 3. The van der Waals surface area contributed by atoms with Gasteiger partial charge in [-0.05, 0) is 48.9 Å². The third kappa shape index (κ3) is 3.09. The molecule has 0 bridgehead atoms. The van der Waals surface area contributed by atoms with Crippen molar-refractivity contribution in [1.29, 1.82) is 0 Å². The van der Waals surface area contributed by atoms with E-state index in [1.165, 1.54) is 0 Å². The number of nitrogens with zero attached hydrogens (tertiary/aromatic N) is 7. The second kappa shape index (κ2) is 7.16.